The topological polar surface area (TPSA) is 277 Å². The molecule has 0 saturated carbocycles. The lowest BCUT2D eigenvalue weighted by molar-refractivity contribution is -0.149. The number of carbonyl (C=O) groups is 4. The van der Waals surface area contributed by atoms with Crippen LogP contribution >= 0.6 is 45.2 Å². The lowest BCUT2D eigenvalue weighted by atomic mass is 9.83. The number of phenolic OH excluding ortho intramolecular Hbond substituents is 1. The molecule has 4 aromatic rings. The number of carboxylic acids is 2. The Morgan fingerprint density at radius 1 is 1.04 bits per heavy atom. The maximum atomic E-state index is 13.6. The zero-order valence-electron chi connectivity index (χ0n) is 23.6. The van der Waals surface area contributed by atoms with E-state index in [4.69, 9.17) is 11.5 Å². The summed E-state index contributed by atoms with van der Waals surface area (Å²) >= 11 is 3.71. The minimum Gasteiger partial charge on any atom is -0.506 e. The van der Waals surface area contributed by atoms with Crippen LogP contribution in [0.3, 0.4) is 0 Å². The van der Waals surface area contributed by atoms with Gasteiger partial charge in [-0.1, -0.05) is 0 Å². The number of carboxylic acid groups (broad SMARTS) is 2. The van der Waals surface area contributed by atoms with Gasteiger partial charge >= 0.3 is 11.9 Å². The lowest BCUT2D eigenvalue weighted by Gasteiger charge is -2.29. The molecule has 46 heavy (non-hydrogen) atoms. The molecule has 0 spiro atoms. The summed E-state index contributed by atoms with van der Waals surface area (Å²) in [6.07, 6.45) is -0.00562. The van der Waals surface area contributed by atoms with Gasteiger partial charge in [0.1, 0.15) is 5.75 Å². The number of rotatable bonds is 13. The van der Waals surface area contributed by atoms with E-state index in [0.29, 0.717) is 24.1 Å². The van der Waals surface area contributed by atoms with Crippen LogP contribution < -0.4 is 27.7 Å². The van der Waals surface area contributed by atoms with Crippen LogP contribution in [0.5, 0.6) is 5.75 Å². The van der Waals surface area contributed by atoms with Crippen molar-refractivity contribution in [2.24, 2.45) is 5.73 Å². The molecule has 0 radical (unpaired) electrons. The van der Waals surface area contributed by atoms with E-state index in [1.807, 2.05) is 45.2 Å². The predicted molar refractivity (Wildman–Crippen MR) is 181 cm³/mol. The lowest BCUT2D eigenvalue weighted by Crippen LogP contribution is -2.63. The number of benzene rings is 2. The first-order valence-electron chi connectivity index (χ1n) is 13.3. The molecule has 2 atom stereocenters. The fourth-order valence-electron chi connectivity index (χ4n) is 4.39. The fourth-order valence-corrected chi connectivity index (χ4v) is 6.28. The summed E-state index contributed by atoms with van der Waals surface area (Å²) in [7, 11) is 0. The van der Waals surface area contributed by atoms with Gasteiger partial charge in [0.2, 0.25) is 5.95 Å². The number of aromatic nitrogens is 4. The van der Waals surface area contributed by atoms with Gasteiger partial charge in [0, 0.05) is 24.1 Å². The Hall–Kier alpha value is -4.44. The van der Waals surface area contributed by atoms with E-state index in [2.05, 4.69) is 30.6 Å². The molecule has 16 nitrogen and oxygen atoms in total. The van der Waals surface area contributed by atoms with Crippen LogP contribution in [-0.4, -0.2) is 70.5 Å². The number of nitrogens with zero attached hydrogens (tertiary/aromatic N) is 3. The molecule has 1 amide bonds. The minimum absolute atomic E-state index is 0.00968. The minimum atomic E-state index is -2.52. The average molecular weight is 856 g/mol. The number of amides is 1. The molecule has 0 aliphatic rings. The Kier molecular flexibility index (Phi) is 10.7. The van der Waals surface area contributed by atoms with Crippen LogP contribution in [0.1, 0.15) is 34.5 Å². The molecule has 240 valence electrons. The maximum absolute atomic E-state index is 13.6. The summed E-state index contributed by atoms with van der Waals surface area (Å²) in [6, 6.07) is 7.42. The third kappa shape index (κ3) is 8.04. The number of nitrogens with two attached hydrogens (primary N) is 2. The quantitative estimate of drug-likeness (QED) is 0.0698. The highest BCUT2D eigenvalue weighted by atomic mass is 127. The second-order valence-corrected chi connectivity index (χ2v) is 12.4. The third-order valence-electron chi connectivity index (χ3n) is 6.76. The van der Waals surface area contributed by atoms with E-state index in [9.17, 15) is 39.3 Å². The first-order chi connectivity index (χ1) is 21.7. The molecule has 0 unspecified atom stereocenters. The average Bonchev–Trinajstić information content (AvgIpc) is 3.00. The molecular weight excluding hydrogens is 830 g/mol. The van der Waals surface area contributed by atoms with Crippen molar-refractivity contribution >= 4 is 91.6 Å². The van der Waals surface area contributed by atoms with Crippen LogP contribution in [0.25, 0.3) is 11.2 Å². The van der Waals surface area contributed by atoms with Gasteiger partial charge in [-0.05, 0) is 93.6 Å². The molecule has 18 heteroatoms. The van der Waals surface area contributed by atoms with Crippen molar-refractivity contribution in [1.29, 1.82) is 0 Å². The molecule has 0 aliphatic carbocycles. The van der Waals surface area contributed by atoms with E-state index in [-0.39, 0.29) is 35.0 Å². The Morgan fingerprint density at radius 2 is 1.70 bits per heavy atom. The number of ketones is 1. The number of hydrogen-bond donors (Lipinski definition) is 8. The number of Topliss-reactive ketones (excluding diaryl/α,β-unsaturated/α-hetero) is 1. The van der Waals surface area contributed by atoms with Gasteiger partial charge in [-0.3, -0.25) is 24.2 Å². The van der Waals surface area contributed by atoms with Gasteiger partial charge in [0.05, 0.1) is 31.6 Å². The Labute approximate surface area is 286 Å². The summed E-state index contributed by atoms with van der Waals surface area (Å²) in [5.74, 6) is -4.86. The molecule has 2 heterocycles. The second-order valence-electron chi connectivity index (χ2n) is 10.1. The number of anilines is 2. The van der Waals surface area contributed by atoms with E-state index in [1.54, 1.807) is 12.1 Å². The predicted octanol–water partition coefficient (Wildman–Crippen LogP) is 1.38. The standard InChI is InChI=1S/C28H26I2N8O8/c29-16-7-12(8-17(30)21(16)41)9-28(32,26(45)46)22(42)18(5-6-19(39)40)36-24(43)13-1-3-14(4-2-13)33-10-15-11-34-23-20(35-15)25(44)38-27(31)37-23/h1-4,7-8,11,18,33,41H,5-6,9-10,32H2,(H,36,43)(H,39,40)(H,45,46)(H3,31,34,37,38,44)/t18-,28+/m0/s1. The molecule has 0 fully saturated rings. The van der Waals surface area contributed by atoms with Crippen LogP contribution in [0, 0.1) is 7.14 Å². The normalized spacial score (nSPS) is 13.0. The van der Waals surface area contributed by atoms with Gasteiger partial charge in [-0.15, -0.1) is 0 Å². The fraction of sp³-hybridized carbons (Fsp3) is 0.214. The number of phenols is 1. The highest BCUT2D eigenvalue weighted by molar-refractivity contribution is 14.1. The first-order valence-corrected chi connectivity index (χ1v) is 15.4. The van der Waals surface area contributed by atoms with Crippen LogP contribution in [0.2, 0.25) is 0 Å². The monoisotopic (exact) mass is 856 g/mol. The number of nitrogen functional groups attached to an aromatic ring is 1. The molecular formula is C28H26I2N8O8. The number of nitrogens with one attached hydrogen (secondary N) is 3. The number of fused-ring (bicyclic) bond motifs is 1. The number of aromatic hydroxyl groups is 1. The number of H-pyrrole nitrogens is 1. The summed E-state index contributed by atoms with van der Waals surface area (Å²) < 4.78 is 0.827. The molecule has 0 aliphatic heterocycles. The van der Waals surface area contributed by atoms with Crippen LogP contribution in [0.15, 0.2) is 47.4 Å². The Morgan fingerprint density at radius 3 is 2.30 bits per heavy atom. The van der Waals surface area contributed by atoms with Crippen LogP contribution in [0.4, 0.5) is 11.6 Å². The molecule has 2 aromatic heterocycles. The summed E-state index contributed by atoms with van der Waals surface area (Å²) in [5.41, 5.74) is 10.2. The maximum Gasteiger partial charge on any atom is 0.331 e. The number of halogens is 2. The Balaban J connectivity index is 1.49. The first kappa shape index (κ1) is 34.4. The second kappa shape index (κ2) is 14.3. The SMILES string of the molecule is Nc1nc2ncc(CNc3ccc(C(=O)N[C@@H](CCC(=O)O)C(=O)[C@](N)(Cc4cc(I)c(O)c(I)c4)C(=O)O)cc3)nc2c(=O)[nH]1. The summed E-state index contributed by atoms with van der Waals surface area (Å²) in [6.45, 7) is 0.164. The number of aromatic amines is 1. The molecule has 0 bridgehead atoms. The van der Waals surface area contributed by atoms with Crippen molar-refractivity contribution in [2.75, 3.05) is 11.1 Å². The van der Waals surface area contributed by atoms with Crippen molar-refractivity contribution in [3.05, 3.63) is 76.9 Å². The summed E-state index contributed by atoms with van der Waals surface area (Å²) in [4.78, 5) is 77.1. The highest BCUT2D eigenvalue weighted by Crippen LogP contribution is 2.29. The zero-order valence-corrected chi connectivity index (χ0v) is 27.9. The van der Waals surface area contributed by atoms with E-state index < -0.39 is 60.0 Å². The van der Waals surface area contributed by atoms with Crippen molar-refractivity contribution in [3.63, 3.8) is 0 Å². The molecule has 10 N–H and O–H groups in total. The van der Waals surface area contributed by atoms with Crippen molar-refractivity contribution < 1.29 is 34.5 Å². The van der Waals surface area contributed by atoms with Gasteiger partial charge in [0.15, 0.2) is 22.5 Å². The van der Waals surface area contributed by atoms with E-state index >= 15 is 0 Å². The van der Waals surface area contributed by atoms with E-state index in [0.717, 1.165) is 0 Å². The van der Waals surface area contributed by atoms with Crippen LogP contribution in [-0.2, 0) is 27.3 Å². The largest absolute Gasteiger partial charge is 0.506 e. The third-order valence-corrected chi connectivity index (χ3v) is 8.40. The smallest absolute Gasteiger partial charge is 0.331 e. The summed E-state index contributed by atoms with van der Waals surface area (Å²) in [5, 5.41) is 34.8. The number of aliphatic carboxylic acids is 2. The van der Waals surface area contributed by atoms with Crippen molar-refractivity contribution in [3.8, 4) is 5.75 Å². The molecule has 4 rings (SSSR count). The van der Waals surface area contributed by atoms with Gasteiger partial charge in [-0.2, -0.15) is 4.98 Å². The van der Waals surface area contributed by atoms with Gasteiger partial charge in [0.25, 0.3) is 11.5 Å². The number of hydrogen-bond acceptors (Lipinski definition) is 12. The molecule has 0 saturated heterocycles. The number of carbonyl (C=O) groups excluding carboxylic acids is 2. The highest BCUT2D eigenvalue weighted by Gasteiger charge is 2.46. The Bertz CT molecular complexity index is 1880. The van der Waals surface area contributed by atoms with Gasteiger partial charge in [-0.25, -0.2) is 14.8 Å². The van der Waals surface area contributed by atoms with Crippen molar-refractivity contribution in [2.45, 2.75) is 37.4 Å². The van der Waals surface area contributed by atoms with Crippen molar-refractivity contribution in [1.82, 2.24) is 25.3 Å². The molecule has 2 aromatic carbocycles. The zero-order chi connectivity index (χ0) is 33.8. The van der Waals surface area contributed by atoms with E-state index in [1.165, 1.54) is 30.5 Å². The van der Waals surface area contributed by atoms with Gasteiger partial charge < -0.3 is 37.4 Å².